The van der Waals surface area contributed by atoms with Crippen molar-refractivity contribution >= 4 is 60.3 Å². The van der Waals surface area contributed by atoms with Crippen LogP contribution in [0.3, 0.4) is 0 Å². The smallest absolute Gasteiger partial charge is 0.138 e. The van der Waals surface area contributed by atoms with Crippen LogP contribution in [0.1, 0.15) is 0 Å². The van der Waals surface area contributed by atoms with Gasteiger partial charge in [0, 0.05) is 33.8 Å². The third-order valence-corrected chi connectivity index (χ3v) is 9.09. The Hall–Kier alpha value is -6.33. The summed E-state index contributed by atoms with van der Waals surface area (Å²) in [4.78, 5) is 15.4. The molecule has 214 valence electrons. The zero-order valence-electron chi connectivity index (χ0n) is 24.7. The van der Waals surface area contributed by atoms with Gasteiger partial charge in [-0.3, -0.25) is 4.40 Å². The second-order valence-electron chi connectivity index (χ2n) is 11.7. The van der Waals surface area contributed by atoms with E-state index in [9.17, 15) is 0 Å². The maximum absolute atomic E-state index is 5.26. The third-order valence-electron chi connectivity index (χ3n) is 9.09. The number of benzene rings is 6. The molecule has 5 nitrogen and oxygen atoms in total. The van der Waals surface area contributed by atoms with Gasteiger partial charge < -0.3 is 4.57 Å². The Morgan fingerprint density at radius 1 is 0.435 bits per heavy atom. The van der Waals surface area contributed by atoms with Crippen molar-refractivity contribution in [2.24, 2.45) is 0 Å². The number of hydrogen-bond donors (Lipinski definition) is 0. The number of hydrogen-bond acceptors (Lipinski definition) is 3. The zero-order valence-corrected chi connectivity index (χ0v) is 24.7. The maximum atomic E-state index is 5.26. The predicted octanol–water partition coefficient (Wildman–Crippen LogP) is 10.0. The summed E-state index contributed by atoms with van der Waals surface area (Å²) in [6.45, 7) is 0. The Kier molecular flexibility index (Phi) is 5.22. The lowest BCUT2D eigenvalue weighted by molar-refractivity contribution is 1.15. The van der Waals surface area contributed by atoms with Crippen LogP contribution >= 0.6 is 0 Å². The molecule has 0 aliphatic carbocycles. The minimum Gasteiger partial charge on any atom is -0.308 e. The minimum atomic E-state index is 0.862. The number of pyridine rings is 1. The van der Waals surface area contributed by atoms with Crippen LogP contribution in [0.4, 0.5) is 0 Å². The maximum Gasteiger partial charge on any atom is 0.138 e. The summed E-state index contributed by atoms with van der Waals surface area (Å²) in [5.41, 5.74) is 11.9. The van der Waals surface area contributed by atoms with E-state index in [4.69, 9.17) is 15.0 Å². The van der Waals surface area contributed by atoms with Crippen LogP contribution in [0.2, 0.25) is 0 Å². The Bertz CT molecular complexity index is 2820. The summed E-state index contributed by atoms with van der Waals surface area (Å²) in [7, 11) is 0. The Labute approximate surface area is 263 Å². The largest absolute Gasteiger partial charge is 0.308 e. The van der Waals surface area contributed by atoms with Crippen molar-refractivity contribution in [2.45, 2.75) is 0 Å². The molecular formula is C41H25N5. The monoisotopic (exact) mass is 587 g/mol. The van der Waals surface area contributed by atoms with E-state index in [0.29, 0.717) is 0 Å². The molecule has 0 radical (unpaired) electrons. The summed E-state index contributed by atoms with van der Waals surface area (Å²) in [5.74, 6) is 0. The van der Waals surface area contributed by atoms with Crippen molar-refractivity contribution in [1.82, 2.24) is 23.9 Å². The van der Waals surface area contributed by atoms with Gasteiger partial charge in [0.25, 0.3) is 0 Å². The van der Waals surface area contributed by atoms with Crippen molar-refractivity contribution in [3.8, 4) is 28.2 Å². The molecule has 0 unspecified atom stereocenters. The molecule has 10 aromatic rings. The second-order valence-corrected chi connectivity index (χ2v) is 11.7. The van der Waals surface area contributed by atoms with Crippen molar-refractivity contribution in [3.05, 3.63) is 152 Å². The van der Waals surface area contributed by atoms with E-state index in [2.05, 4.69) is 130 Å². The molecule has 0 fully saturated rings. The van der Waals surface area contributed by atoms with Gasteiger partial charge in [-0.05, 0) is 59.3 Å². The van der Waals surface area contributed by atoms with Gasteiger partial charge in [-0.1, -0.05) is 97.1 Å². The molecule has 0 amide bonds. The average Bonchev–Trinajstić information content (AvgIpc) is 3.64. The fourth-order valence-electron chi connectivity index (χ4n) is 7.01. The number of para-hydroxylation sites is 5. The molecular weight excluding hydrogens is 562 g/mol. The van der Waals surface area contributed by atoms with Gasteiger partial charge in [0.05, 0.1) is 44.5 Å². The topological polar surface area (TPSA) is 48.0 Å². The van der Waals surface area contributed by atoms with Gasteiger partial charge in [0.1, 0.15) is 5.65 Å². The van der Waals surface area contributed by atoms with Gasteiger partial charge in [-0.2, -0.15) is 0 Å². The number of nitrogens with zero attached hydrogens (tertiary/aromatic N) is 5. The highest BCUT2D eigenvalue weighted by Crippen LogP contribution is 2.38. The van der Waals surface area contributed by atoms with Gasteiger partial charge >= 0.3 is 0 Å². The molecule has 6 aromatic carbocycles. The second kappa shape index (κ2) is 9.58. The van der Waals surface area contributed by atoms with E-state index < -0.39 is 0 Å². The first-order valence-corrected chi connectivity index (χ1v) is 15.5. The zero-order chi connectivity index (χ0) is 30.2. The first-order chi connectivity index (χ1) is 22.8. The summed E-state index contributed by atoms with van der Waals surface area (Å²) in [5, 5.41) is 4.70. The van der Waals surface area contributed by atoms with Gasteiger partial charge in [0.15, 0.2) is 0 Å². The van der Waals surface area contributed by atoms with Crippen LogP contribution in [0.5, 0.6) is 0 Å². The van der Waals surface area contributed by atoms with Crippen LogP contribution in [-0.2, 0) is 0 Å². The van der Waals surface area contributed by atoms with E-state index >= 15 is 0 Å². The van der Waals surface area contributed by atoms with Crippen molar-refractivity contribution < 1.29 is 0 Å². The normalized spacial score (nSPS) is 11.9. The lowest BCUT2D eigenvalue weighted by atomic mass is 9.98. The quantitative estimate of drug-likeness (QED) is 0.207. The first-order valence-electron chi connectivity index (χ1n) is 15.5. The van der Waals surface area contributed by atoms with Crippen LogP contribution in [0.15, 0.2) is 152 Å². The molecule has 0 aliphatic rings. The first kappa shape index (κ1) is 25.0. The Morgan fingerprint density at radius 2 is 1.11 bits per heavy atom. The summed E-state index contributed by atoms with van der Waals surface area (Å²) >= 11 is 0. The molecule has 0 atom stereocenters. The predicted molar refractivity (Wildman–Crippen MR) is 189 cm³/mol. The molecule has 4 aromatic heterocycles. The van der Waals surface area contributed by atoms with Crippen molar-refractivity contribution in [3.63, 3.8) is 0 Å². The van der Waals surface area contributed by atoms with Crippen LogP contribution in [0.25, 0.3) is 88.5 Å². The number of aromatic nitrogens is 5. The minimum absolute atomic E-state index is 0.862. The summed E-state index contributed by atoms with van der Waals surface area (Å²) in [6, 6.07) is 50.8. The molecule has 0 bridgehead atoms. The molecule has 4 heterocycles. The van der Waals surface area contributed by atoms with Gasteiger partial charge in [-0.25, -0.2) is 15.0 Å². The molecule has 0 saturated carbocycles. The number of imidazole rings is 1. The third kappa shape index (κ3) is 3.66. The van der Waals surface area contributed by atoms with Crippen molar-refractivity contribution in [1.29, 1.82) is 0 Å². The number of rotatable bonds is 3. The van der Waals surface area contributed by atoms with Crippen LogP contribution in [0, 0.1) is 0 Å². The lowest BCUT2D eigenvalue weighted by Gasteiger charge is -2.14. The lowest BCUT2D eigenvalue weighted by Crippen LogP contribution is -1.99. The molecule has 5 heteroatoms. The van der Waals surface area contributed by atoms with Gasteiger partial charge in [-0.15, -0.1) is 0 Å². The molecule has 0 saturated heterocycles. The highest BCUT2D eigenvalue weighted by atomic mass is 15.0. The fourth-order valence-corrected chi connectivity index (χ4v) is 7.01. The van der Waals surface area contributed by atoms with Crippen LogP contribution in [-0.4, -0.2) is 23.9 Å². The van der Waals surface area contributed by atoms with Crippen LogP contribution < -0.4 is 0 Å². The van der Waals surface area contributed by atoms with E-state index in [0.717, 1.165) is 72.3 Å². The molecule has 0 aliphatic heterocycles. The summed E-state index contributed by atoms with van der Waals surface area (Å²) < 4.78 is 4.55. The summed E-state index contributed by atoms with van der Waals surface area (Å²) in [6.07, 6.45) is 2.23. The highest BCUT2D eigenvalue weighted by molar-refractivity contribution is 6.10. The molecule has 0 spiro atoms. The fraction of sp³-hybridized carbons (Fsp3) is 0. The van der Waals surface area contributed by atoms with E-state index in [1.165, 1.54) is 16.2 Å². The SMILES string of the molecule is c1cc(-c2nc3ccccc3nc2-c2cccc3ccccc23)cc(-n2c3ccccc3c3cc4nc5ccccc5n4cc32)c1. The highest BCUT2D eigenvalue weighted by Gasteiger charge is 2.19. The van der Waals surface area contributed by atoms with Gasteiger partial charge in [0.2, 0.25) is 0 Å². The average molecular weight is 588 g/mol. The molecule has 46 heavy (non-hydrogen) atoms. The van der Waals surface area contributed by atoms with E-state index in [1.54, 1.807) is 0 Å². The van der Waals surface area contributed by atoms with E-state index in [1.807, 2.05) is 30.3 Å². The Morgan fingerprint density at radius 3 is 1.98 bits per heavy atom. The van der Waals surface area contributed by atoms with E-state index in [-0.39, 0.29) is 0 Å². The molecule has 10 rings (SSSR count). The number of fused-ring (bicyclic) bond motifs is 8. The Balaban J connectivity index is 1.25. The molecule has 0 N–H and O–H groups in total. The van der Waals surface area contributed by atoms with Crippen molar-refractivity contribution in [2.75, 3.05) is 0 Å². The standard InChI is InChI=1S/C41H25N5/c1-2-15-29-26(11-1)12-10-17-31(29)41-40(43-33-18-4-5-19-34(33)44-41)27-13-9-14-28(23-27)46-36-21-7-3-16-30(36)32-24-39-42-35-20-6-8-22-37(35)45(39)25-38(32)46/h1-25H.